The largest absolute Gasteiger partial charge is 0.481 e. The van der Waals surface area contributed by atoms with Gasteiger partial charge in [-0.3, -0.25) is 9.59 Å². The molecule has 23 heavy (non-hydrogen) atoms. The van der Waals surface area contributed by atoms with Crippen LogP contribution in [0.15, 0.2) is 18.2 Å². The number of carbonyl (C=O) groups excluding carboxylic acids is 1. The van der Waals surface area contributed by atoms with Gasteiger partial charge in [0.2, 0.25) is 0 Å². The maximum Gasteiger partial charge on any atom is 0.308 e. The van der Waals surface area contributed by atoms with Crippen LogP contribution in [0.2, 0.25) is 0 Å². The fourth-order valence-electron chi connectivity index (χ4n) is 2.97. The first-order chi connectivity index (χ1) is 10.8. The molecule has 0 aromatic heterocycles. The molecule has 1 aliphatic carbocycles. The Morgan fingerprint density at radius 1 is 1.39 bits per heavy atom. The number of ether oxygens (including phenoxy) is 1. The van der Waals surface area contributed by atoms with Crippen molar-refractivity contribution in [2.45, 2.75) is 38.1 Å². The predicted molar refractivity (Wildman–Crippen MR) is 78.0 cm³/mol. The number of carboxylic acids is 1. The van der Waals surface area contributed by atoms with E-state index in [-0.39, 0.29) is 5.75 Å². The Labute approximate surface area is 132 Å². The van der Waals surface area contributed by atoms with E-state index in [1.165, 1.54) is 0 Å². The summed E-state index contributed by atoms with van der Waals surface area (Å²) in [5.41, 5.74) is -0.855. The molecular formula is C16H19F2NO4. The van der Waals surface area contributed by atoms with E-state index in [1.54, 1.807) is 6.92 Å². The molecule has 1 aromatic rings. The molecule has 2 rings (SSSR count). The lowest BCUT2D eigenvalue weighted by Crippen LogP contribution is -2.56. The quantitative estimate of drug-likeness (QED) is 0.871. The van der Waals surface area contributed by atoms with Crippen molar-refractivity contribution in [3.63, 3.8) is 0 Å². The van der Waals surface area contributed by atoms with Crippen molar-refractivity contribution < 1.29 is 28.2 Å². The van der Waals surface area contributed by atoms with Gasteiger partial charge in [0.15, 0.2) is 18.2 Å². The van der Waals surface area contributed by atoms with E-state index in [9.17, 15) is 23.5 Å². The molecular weight excluding hydrogens is 308 g/mol. The Hall–Kier alpha value is -2.18. The van der Waals surface area contributed by atoms with Crippen LogP contribution in [0.5, 0.6) is 5.75 Å². The number of halogens is 2. The van der Waals surface area contributed by atoms with Gasteiger partial charge in [-0.15, -0.1) is 0 Å². The summed E-state index contributed by atoms with van der Waals surface area (Å²) in [6.45, 7) is 1.23. The van der Waals surface area contributed by atoms with Crippen molar-refractivity contribution in [2.24, 2.45) is 5.92 Å². The molecule has 2 N–H and O–H groups in total. The van der Waals surface area contributed by atoms with E-state index in [1.807, 2.05) is 0 Å². The molecule has 0 heterocycles. The third kappa shape index (κ3) is 4.18. The summed E-state index contributed by atoms with van der Waals surface area (Å²) in [5, 5.41) is 12.0. The molecule has 0 spiro atoms. The molecule has 2 unspecified atom stereocenters. The molecule has 126 valence electrons. The molecule has 0 radical (unpaired) electrons. The van der Waals surface area contributed by atoms with Crippen LogP contribution in [0.4, 0.5) is 8.78 Å². The first kappa shape index (κ1) is 17.2. The smallest absolute Gasteiger partial charge is 0.308 e. The van der Waals surface area contributed by atoms with Gasteiger partial charge in [-0.25, -0.2) is 8.78 Å². The number of hydrogen-bond donors (Lipinski definition) is 2. The van der Waals surface area contributed by atoms with E-state index in [0.717, 1.165) is 25.0 Å². The van der Waals surface area contributed by atoms with E-state index in [2.05, 4.69) is 5.32 Å². The Bertz CT molecular complexity index is 608. The van der Waals surface area contributed by atoms with Crippen LogP contribution >= 0.6 is 0 Å². The van der Waals surface area contributed by atoms with E-state index in [0.29, 0.717) is 18.9 Å². The number of aliphatic carboxylic acids is 1. The number of nitrogens with one attached hydrogen (secondary N) is 1. The molecule has 5 nitrogen and oxygen atoms in total. The number of hydrogen-bond acceptors (Lipinski definition) is 3. The summed E-state index contributed by atoms with van der Waals surface area (Å²) in [5.74, 6) is -4.02. The topological polar surface area (TPSA) is 75.6 Å². The van der Waals surface area contributed by atoms with Crippen LogP contribution in [0.1, 0.15) is 32.6 Å². The fourth-order valence-corrected chi connectivity index (χ4v) is 2.97. The van der Waals surface area contributed by atoms with Crippen molar-refractivity contribution in [1.29, 1.82) is 0 Å². The minimum atomic E-state index is -0.946. The molecule has 0 saturated heterocycles. The number of rotatable bonds is 5. The Morgan fingerprint density at radius 3 is 2.78 bits per heavy atom. The van der Waals surface area contributed by atoms with Gasteiger partial charge in [0.05, 0.1) is 11.5 Å². The SMILES string of the molecule is CC1(NC(=O)COc2ccc(F)cc2F)CCCCC1C(=O)O. The Kier molecular flexibility index (Phi) is 5.18. The van der Waals surface area contributed by atoms with E-state index in [4.69, 9.17) is 4.74 Å². The molecule has 1 amide bonds. The van der Waals surface area contributed by atoms with Crippen molar-refractivity contribution in [3.05, 3.63) is 29.8 Å². The van der Waals surface area contributed by atoms with Crippen LogP contribution in [0, 0.1) is 17.6 Å². The summed E-state index contributed by atoms with van der Waals surface area (Å²) in [6.07, 6.45) is 2.69. The summed E-state index contributed by atoms with van der Waals surface area (Å²) < 4.78 is 31.3. The molecule has 1 saturated carbocycles. The average Bonchev–Trinajstić information content (AvgIpc) is 2.46. The van der Waals surface area contributed by atoms with Gasteiger partial charge in [-0.2, -0.15) is 0 Å². The second-order valence-corrected chi connectivity index (χ2v) is 5.97. The van der Waals surface area contributed by atoms with Crippen molar-refractivity contribution in [3.8, 4) is 5.75 Å². The maximum absolute atomic E-state index is 13.4. The lowest BCUT2D eigenvalue weighted by atomic mass is 9.74. The van der Waals surface area contributed by atoms with Gasteiger partial charge in [0.1, 0.15) is 5.82 Å². The summed E-state index contributed by atoms with van der Waals surface area (Å²) in [4.78, 5) is 23.4. The second kappa shape index (κ2) is 6.93. The highest BCUT2D eigenvalue weighted by Crippen LogP contribution is 2.33. The first-order valence-corrected chi connectivity index (χ1v) is 7.43. The van der Waals surface area contributed by atoms with Gasteiger partial charge in [-0.1, -0.05) is 12.8 Å². The average molecular weight is 327 g/mol. The van der Waals surface area contributed by atoms with Crippen molar-refractivity contribution in [1.82, 2.24) is 5.32 Å². The molecule has 0 bridgehead atoms. The van der Waals surface area contributed by atoms with Crippen LogP contribution in [0.3, 0.4) is 0 Å². The maximum atomic E-state index is 13.4. The highest BCUT2D eigenvalue weighted by molar-refractivity contribution is 5.80. The van der Waals surface area contributed by atoms with Gasteiger partial charge >= 0.3 is 5.97 Å². The number of carbonyl (C=O) groups is 2. The van der Waals surface area contributed by atoms with Crippen LogP contribution in [0.25, 0.3) is 0 Å². The molecule has 7 heteroatoms. The van der Waals surface area contributed by atoms with Crippen molar-refractivity contribution in [2.75, 3.05) is 6.61 Å². The summed E-state index contributed by atoms with van der Waals surface area (Å²) in [6, 6.07) is 2.79. The van der Waals surface area contributed by atoms with Crippen molar-refractivity contribution >= 4 is 11.9 Å². The molecule has 1 aromatic carbocycles. The standard InChI is InChI=1S/C16H19F2NO4/c1-16(7-3-2-4-11(16)15(21)22)19-14(20)9-23-13-6-5-10(17)8-12(13)18/h5-6,8,11H,2-4,7,9H2,1H3,(H,19,20)(H,21,22). The number of carboxylic acid groups (broad SMARTS) is 1. The van der Waals surface area contributed by atoms with Gasteiger partial charge in [-0.05, 0) is 31.9 Å². The second-order valence-electron chi connectivity index (χ2n) is 5.97. The predicted octanol–water partition coefficient (Wildman–Crippen LogP) is 2.49. The molecule has 2 atom stereocenters. The van der Waals surface area contributed by atoms with Gasteiger partial charge in [0.25, 0.3) is 5.91 Å². The highest BCUT2D eigenvalue weighted by Gasteiger charge is 2.42. The lowest BCUT2D eigenvalue weighted by molar-refractivity contribution is -0.146. The van der Waals surface area contributed by atoms with E-state index < -0.39 is 41.6 Å². The van der Waals surface area contributed by atoms with Crippen LogP contribution in [-0.4, -0.2) is 29.1 Å². The molecule has 1 aliphatic rings. The number of amides is 1. The van der Waals surface area contributed by atoms with Crippen LogP contribution in [-0.2, 0) is 9.59 Å². The Morgan fingerprint density at radius 2 is 2.13 bits per heavy atom. The molecule has 1 fully saturated rings. The number of benzene rings is 1. The van der Waals surface area contributed by atoms with Gasteiger partial charge < -0.3 is 15.2 Å². The van der Waals surface area contributed by atoms with Gasteiger partial charge in [0, 0.05) is 6.07 Å². The lowest BCUT2D eigenvalue weighted by Gasteiger charge is -2.39. The highest BCUT2D eigenvalue weighted by atomic mass is 19.1. The Balaban J connectivity index is 1.96. The zero-order valence-electron chi connectivity index (χ0n) is 12.8. The third-order valence-electron chi connectivity index (χ3n) is 4.18. The minimum absolute atomic E-state index is 0.231. The van der Waals surface area contributed by atoms with Crippen LogP contribution < -0.4 is 10.1 Å². The minimum Gasteiger partial charge on any atom is -0.481 e. The third-order valence-corrected chi connectivity index (χ3v) is 4.18. The zero-order chi connectivity index (χ0) is 17.0. The fraction of sp³-hybridized carbons (Fsp3) is 0.500. The normalized spacial score (nSPS) is 24.0. The zero-order valence-corrected chi connectivity index (χ0v) is 12.8. The monoisotopic (exact) mass is 327 g/mol. The summed E-state index contributed by atoms with van der Waals surface area (Å²) >= 11 is 0. The summed E-state index contributed by atoms with van der Waals surface area (Å²) in [7, 11) is 0. The molecule has 0 aliphatic heterocycles. The van der Waals surface area contributed by atoms with E-state index >= 15 is 0 Å². The first-order valence-electron chi connectivity index (χ1n) is 7.43.